The Morgan fingerprint density at radius 3 is 2.78 bits per heavy atom. The molecular weight excluding hydrogens is 504 g/mol. The van der Waals surface area contributed by atoms with Gasteiger partial charge in [-0.2, -0.15) is 5.26 Å². The van der Waals surface area contributed by atoms with E-state index >= 15 is 0 Å². The van der Waals surface area contributed by atoms with Crippen molar-refractivity contribution in [2.75, 3.05) is 23.9 Å². The highest BCUT2D eigenvalue weighted by atomic mass is 35.5. The van der Waals surface area contributed by atoms with E-state index in [4.69, 9.17) is 21.6 Å². The third kappa shape index (κ3) is 6.29. The highest BCUT2D eigenvalue weighted by Gasteiger charge is 2.13. The molecule has 184 valence electrons. The van der Waals surface area contributed by atoms with Gasteiger partial charge in [-0.1, -0.05) is 17.7 Å². The molecule has 0 unspecified atom stereocenters. The zero-order chi connectivity index (χ0) is 25.7. The van der Waals surface area contributed by atoms with Crippen LogP contribution in [0.4, 0.5) is 11.5 Å². The smallest absolute Gasteiger partial charge is 0.235 e. The largest absolute Gasteiger partial charge is 0.456 e. The molecule has 0 aliphatic heterocycles. The number of fused-ring (bicyclic) bond motifs is 1. The van der Waals surface area contributed by atoms with Crippen LogP contribution in [0.5, 0.6) is 11.5 Å². The molecule has 12 heteroatoms. The summed E-state index contributed by atoms with van der Waals surface area (Å²) in [5, 5.41) is 15.3. The lowest BCUT2D eigenvalue weighted by molar-refractivity contribution is -0.118. The molecule has 10 nitrogen and oxygen atoms in total. The number of halogens is 1. The van der Waals surface area contributed by atoms with Crippen molar-refractivity contribution in [1.82, 2.24) is 19.9 Å². The zero-order valence-electron chi connectivity index (χ0n) is 19.1. The quantitative estimate of drug-likeness (QED) is 0.338. The molecule has 2 N–H and O–H groups in total. The van der Waals surface area contributed by atoms with E-state index in [9.17, 15) is 13.2 Å². The minimum atomic E-state index is -3.39. The van der Waals surface area contributed by atoms with Crippen molar-refractivity contribution in [2.24, 2.45) is 0 Å². The molecule has 0 saturated heterocycles. The van der Waals surface area contributed by atoms with Crippen molar-refractivity contribution < 1.29 is 17.9 Å². The number of nitriles is 1. The summed E-state index contributed by atoms with van der Waals surface area (Å²) in [5.41, 5.74) is 2.54. The number of amides is 1. The molecule has 0 radical (unpaired) electrons. The number of nitrogens with one attached hydrogen (secondary N) is 2. The first-order chi connectivity index (χ1) is 17.2. The number of nitrogens with zero attached hydrogens (tertiary/aromatic N) is 4. The van der Waals surface area contributed by atoms with E-state index in [1.165, 1.54) is 6.33 Å². The van der Waals surface area contributed by atoms with E-state index in [0.717, 1.165) is 6.26 Å². The second-order valence-corrected chi connectivity index (χ2v) is 10.4. The van der Waals surface area contributed by atoms with E-state index in [0.29, 0.717) is 51.2 Å². The predicted octanol–water partition coefficient (Wildman–Crippen LogP) is 3.65. The molecular formula is C24H21ClN6O4S. The van der Waals surface area contributed by atoms with E-state index in [1.807, 2.05) is 16.8 Å². The molecule has 0 aliphatic carbocycles. The van der Waals surface area contributed by atoms with E-state index in [2.05, 4.69) is 26.7 Å². The van der Waals surface area contributed by atoms with Crippen molar-refractivity contribution in [3.63, 3.8) is 0 Å². The van der Waals surface area contributed by atoms with Crippen LogP contribution in [0.1, 0.15) is 5.56 Å². The molecule has 0 saturated carbocycles. The number of aromatic nitrogens is 3. The van der Waals surface area contributed by atoms with Gasteiger partial charge in [0.15, 0.2) is 15.7 Å². The van der Waals surface area contributed by atoms with Gasteiger partial charge >= 0.3 is 0 Å². The van der Waals surface area contributed by atoms with Crippen molar-refractivity contribution in [3.05, 3.63) is 71.6 Å². The normalized spacial score (nSPS) is 11.1. The van der Waals surface area contributed by atoms with Crippen LogP contribution in [-0.2, 0) is 21.2 Å². The Kier molecular flexibility index (Phi) is 7.38. The first-order valence-corrected chi connectivity index (χ1v) is 13.1. The number of benzene rings is 2. The Labute approximate surface area is 212 Å². The average Bonchev–Trinajstić information content (AvgIpc) is 3.24. The molecule has 4 rings (SSSR count). The van der Waals surface area contributed by atoms with Gasteiger partial charge in [0.05, 0.1) is 22.2 Å². The number of sulfone groups is 1. The fraction of sp³-hybridized carbons (Fsp3) is 0.167. The predicted molar refractivity (Wildman–Crippen MR) is 136 cm³/mol. The minimum Gasteiger partial charge on any atom is -0.456 e. The van der Waals surface area contributed by atoms with Crippen molar-refractivity contribution in [2.45, 2.75) is 6.54 Å². The summed E-state index contributed by atoms with van der Waals surface area (Å²) in [6.45, 7) is 0.619. The molecule has 0 aliphatic rings. The molecule has 0 bridgehead atoms. The summed E-state index contributed by atoms with van der Waals surface area (Å²) in [5.74, 6) is 0.340. The van der Waals surface area contributed by atoms with Gasteiger partial charge in [0, 0.05) is 31.2 Å². The molecule has 1 amide bonds. The Morgan fingerprint density at radius 2 is 2.03 bits per heavy atom. The highest BCUT2D eigenvalue weighted by Crippen LogP contribution is 2.33. The van der Waals surface area contributed by atoms with Gasteiger partial charge in [0.25, 0.3) is 0 Å². The third-order valence-corrected chi connectivity index (χ3v) is 6.09. The van der Waals surface area contributed by atoms with Crippen molar-refractivity contribution in [1.29, 1.82) is 5.26 Å². The van der Waals surface area contributed by atoms with Crippen LogP contribution in [-0.4, -0.2) is 47.4 Å². The van der Waals surface area contributed by atoms with Crippen molar-refractivity contribution >= 4 is 49.9 Å². The standard InChI is InChI=1S/C24H21ClN6O4S/c1-36(33,34)14-22(32)27-8-10-31-9-7-20-23(31)24(29-15-28-20)30-17-5-6-21(19(25)12-17)35-18-4-2-3-16(11-18)13-26/h2-7,9,11-12,15H,8,10,14H2,1H3,(H,27,32)(H,28,29,30). The molecule has 36 heavy (non-hydrogen) atoms. The number of anilines is 2. The summed E-state index contributed by atoms with van der Waals surface area (Å²) in [7, 11) is -3.39. The van der Waals surface area contributed by atoms with Crippen LogP contribution in [0.15, 0.2) is 61.1 Å². The second kappa shape index (κ2) is 10.6. The minimum absolute atomic E-state index is 0.233. The van der Waals surface area contributed by atoms with E-state index in [-0.39, 0.29) is 6.54 Å². The molecule has 0 fully saturated rings. The Balaban J connectivity index is 1.49. The SMILES string of the molecule is CS(=O)(=O)CC(=O)NCCn1ccc2ncnc(Nc3ccc(Oc4cccc(C#N)c4)c(Cl)c3)c21. The average molecular weight is 525 g/mol. The maximum absolute atomic E-state index is 11.8. The summed E-state index contributed by atoms with van der Waals surface area (Å²) in [6, 6.07) is 15.8. The number of ether oxygens (including phenoxy) is 1. The lowest BCUT2D eigenvalue weighted by Crippen LogP contribution is -2.32. The lowest BCUT2D eigenvalue weighted by atomic mass is 10.2. The highest BCUT2D eigenvalue weighted by molar-refractivity contribution is 7.91. The fourth-order valence-corrected chi connectivity index (χ4v) is 4.27. The lowest BCUT2D eigenvalue weighted by Gasteiger charge is -2.13. The van der Waals surface area contributed by atoms with Crippen LogP contribution in [0, 0.1) is 11.3 Å². The monoisotopic (exact) mass is 524 g/mol. The van der Waals surface area contributed by atoms with Crippen molar-refractivity contribution in [3.8, 4) is 17.6 Å². The molecule has 2 aromatic heterocycles. The molecule has 0 atom stereocenters. The Hall–Kier alpha value is -4.14. The summed E-state index contributed by atoms with van der Waals surface area (Å²) in [4.78, 5) is 20.4. The van der Waals surface area contributed by atoms with Gasteiger partial charge in [0.2, 0.25) is 5.91 Å². The molecule has 2 heterocycles. The number of carbonyl (C=O) groups is 1. The topological polar surface area (TPSA) is 139 Å². The Bertz CT molecular complexity index is 1580. The first kappa shape index (κ1) is 25.0. The number of carbonyl (C=O) groups excluding carboxylic acids is 1. The van der Waals surface area contributed by atoms with Gasteiger partial charge in [-0.15, -0.1) is 0 Å². The number of hydrogen-bond donors (Lipinski definition) is 2. The maximum atomic E-state index is 11.8. The van der Waals surface area contributed by atoms with Crippen LogP contribution in [0.25, 0.3) is 11.0 Å². The summed E-state index contributed by atoms with van der Waals surface area (Å²) in [6.07, 6.45) is 4.26. The van der Waals surface area contributed by atoms with Crippen LogP contribution in [0.3, 0.4) is 0 Å². The molecule has 0 spiro atoms. The number of hydrogen-bond acceptors (Lipinski definition) is 8. The van der Waals surface area contributed by atoms with Gasteiger partial charge < -0.3 is 19.9 Å². The van der Waals surface area contributed by atoms with Gasteiger partial charge in [0.1, 0.15) is 29.1 Å². The van der Waals surface area contributed by atoms with Gasteiger partial charge in [-0.25, -0.2) is 18.4 Å². The number of rotatable bonds is 9. The molecule has 4 aromatic rings. The zero-order valence-corrected chi connectivity index (χ0v) is 20.7. The van der Waals surface area contributed by atoms with Crippen LogP contribution >= 0.6 is 11.6 Å². The summed E-state index contributed by atoms with van der Waals surface area (Å²) < 4.78 is 30.2. The third-order valence-electron chi connectivity index (χ3n) is 5.00. The molecule has 2 aromatic carbocycles. The second-order valence-electron chi connectivity index (χ2n) is 7.90. The van der Waals surface area contributed by atoms with E-state index in [1.54, 1.807) is 42.5 Å². The van der Waals surface area contributed by atoms with Gasteiger partial charge in [-0.05, 0) is 42.5 Å². The van der Waals surface area contributed by atoms with Crippen LogP contribution < -0.4 is 15.4 Å². The van der Waals surface area contributed by atoms with E-state index < -0.39 is 21.5 Å². The Morgan fingerprint density at radius 1 is 1.19 bits per heavy atom. The fourth-order valence-electron chi connectivity index (χ4n) is 3.47. The van der Waals surface area contributed by atoms with Gasteiger partial charge in [-0.3, -0.25) is 4.79 Å². The maximum Gasteiger partial charge on any atom is 0.235 e. The summed E-state index contributed by atoms with van der Waals surface area (Å²) >= 11 is 6.44. The van der Waals surface area contributed by atoms with Crippen LogP contribution in [0.2, 0.25) is 5.02 Å². The first-order valence-electron chi connectivity index (χ1n) is 10.7.